The number of nitrogens with zero attached hydrogens (tertiary/aromatic N) is 1. The van der Waals surface area contributed by atoms with E-state index in [9.17, 15) is 0 Å². The zero-order valence-corrected chi connectivity index (χ0v) is 12.2. The molecule has 104 valence electrons. The molecule has 1 N–H and O–H groups in total. The third-order valence-corrected chi connectivity index (χ3v) is 4.99. The van der Waals surface area contributed by atoms with E-state index >= 15 is 0 Å². The molecule has 0 spiro atoms. The van der Waals surface area contributed by atoms with Crippen LogP contribution in [0.5, 0.6) is 0 Å². The van der Waals surface area contributed by atoms with Gasteiger partial charge in [0.2, 0.25) is 0 Å². The Hall–Kier alpha value is -0.860. The van der Waals surface area contributed by atoms with Gasteiger partial charge >= 0.3 is 0 Å². The van der Waals surface area contributed by atoms with E-state index in [0.717, 1.165) is 18.6 Å². The van der Waals surface area contributed by atoms with Gasteiger partial charge < -0.3 is 5.32 Å². The fraction of sp³-hybridized carbons (Fsp3) is 0.647. The van der Waals surface area contributed by atoms with Crippen LogP contribution in [0.1, 0.15) is 50.3 Å². The topological polar surface area (TPSA) is 15.3 Å². The minimum absolute atomic E-state index is 0.521. The van der Waals surface area contributed by atoms with Crippen LogP contribution in [0.15, 0.2) is 24.3 Å². The zero-order chi connectivity index (χ0) is 13.2. The van der Waals surface area contributed by atoms with Gasteiger partial charge in [-0.05, 0) is 50.8 Å². The molecule has 2 heteroatoms. The number of benzene rings is 1. The molecule has 0 aromatic heterocycles. The molecule has 2 aliphatic rings. The Kier molecular flexibility index (Phi) is 3.90. The lowest BCUT2D eigenvalue weighted by molar-refractivity contribution is 0.0898. The molecular formula is C17H26N2. The molecule has 19 heavy (non-hydrogen) atoms. The quantitative estimate of drug-likeness (QED) is 0.876. The second kappa shape index (κ2) is 5.64. The maximum Gasteiger partial charge on any atom is 0.0452 e. The smallest absolute Gasteiger partial charge is 0.0452 e. The second-order valence-electron chi connectivity index (χ2n) is 6.28. The molecule has 1 aromatic rings. The SMILES string of the molecule is CC1CCCC(C)N1CC1NCCc2ccccc21. The Morgan fingerprint density at radius 2 is 1.89 bits per heavy atom. The van der Waals surface area contributed by atoms with Crippen LogP contribution in [-0.2, 0) is 6.42 Å². The third kappa shape index (κ3) is 2.70. The van der Waals surface area contributed by atoms with Gasteiger partial charge in [-0.15, -0.1) is 0 Å². The van der Waals surface area contributed by atoms with E-state index in [1.807, 2.05) is 0 Å². The van der Waals surface area contributed by atoms with Crippen molar-refractivity contribution in [1.82, 2.24) is 10.2 Å². The summed E-state index contributed by atoms with van der Waals surface area (Å²) < 4.78 is 0. The predicted molar refractivity (Wildman–Crippen MR) is 80.4 cm³/mol. The molecule has 1 saturated heterocycles. The lowest BCUT2D eigenvalue weighted by atomic mass is 9.91. The molecule has 0 amide bonds. The van der Waals surface area contributed by atoms with Crippen molar-refractivity contribution >= 4 is 0 Å². The van der Waals surface area contributed by atoms with Crippen molar-refractivity contribution in [2.45, 2.75) is 57.7 Å². The highest BCUT2D eigenvalue weighted by molar-refractivity contribution is 5.32. The van der Waals surface area contributed by atoms with E-state index in [2.05, 4.69) is 48.3 Å². The van der Waals surface area contributed by atoms with Crippen LogP contribution in [-0.4, -0.2) is 30.1 Å². The van der Waals surface area contributed by atoms with Crippen LogP contribution in [0.2, 0.25) is 0 Å². The van der Waals surface area contributed by atoms with Crippen LogP contribution in [0.25, 0.3) is 0 Å². The Morgan fingerprint density at radius 3 is 2.68 bits per heavy atom. The average Bonchev–Trinajstić information content (AvgIpc) is 2.43. The number of nitrogens with one attached hydrogen (secondary N) is 1. The zero-order valence-electron chi connectivity index (χ0n) is 12.2. The average molecular weight is 258 g/mol. The van der Waals surface area contributed by atoms with E-state index < -0.39 is 0 Å². The summed E-state index contributed by atoms with van der Waals surface area (Å²) in [4.78, 5) is 2.71. The van der Waals surface area contributed by atoms with Crippen LogP contribution in [0.4, 0.5) is 0 Å². The number of likely N-dealkylation sites (tertiary alicyclic amines) is 1. The minimum Gasteiger partial charge on any atom is -0.309 e. The van der Waals surface area contributed by atoms with Gasteiger partial charge in [0.15, 0.2) is 0 Å². The lowest BCUT2D eigenvalue weighted by Gasteiger charge is -2.42. The Labute approximate surface area is 117 Å². The Balaban J connectivity index is 1.77. The molecule has 0 radical (unpaired) electrons. The van der Waals surface area contributed by atoms with E-state index in [1.54, 1.807) is 5.56 Å². The lowest BCUT2D eigenvalue weighted by Crippen LogP contribution is -2.48. The number of piperidine rings is 1. The Bertz CT molecular complexity index is 419. The highest BCUT2D eigenvalue weighted by atomic mass is 15.2. The van der Waals surface area contributed by atoms with Crippen molar-refractivity contribution in [1.29, 1.82) is 0 Å². The number of fused-ring (bicyclic) bond motifs is 1. The second-order valence-corrected chi connectivity index (χ2v) is 6.28. The highest BCUT2D eigenvalue weighted by Crippen LogP contribution is 2.28. The van der Waals surface area contributed by atoms with Gasteiger partial charge in [0.25, 0.3) is 0 Å². The largest absolute Gasteiger partial charge is 0.309 e. The van der Waals surface area contributed by atoms with Crippen LogP contribution in [0.3, 0.4) is 0 Å². The van der Waals surface area contributed by atoms with Crippen LogP contribution in [0, 0.1) is 0 Å². The summed E-state index contributed by atoms with van der Waals surface area (Å²) >= 11 is 0. The number of rotatable bonds is 2. The van der Waals surface area contributed by atoms with Crippen molar-refractivity contribution in [2.75, 3.05) is 13.1 Å². The molecule has 0 aliphatic carbocycles. The van der Waals surface area contributed by atoms with Crippen molar-refractivity contribution in [2.24, 2.45) is 0 Å². The normalized spacial score (nSPS) is 32.0. The van der Waals surface area contributed by atoms with Crippen LogP contribution < -0.4 is 5.32 Å². The molecule has 1 fully saturated rings. The minimum atomic E-state index is 0.521. The van der Waals surface area contributed by atoms with Gasteiger partial charge in [-0.25, -0.2) is 0 Å². The summed E-state index contributed by atoms with van der Waals surface area (Å²) in [5.41, 5.74) is 3.07. The van der Waals surface area contributed by atoms with Gasteiger partial charge in [0, 0.05) is 24.7 Å². The fourth-order valence-electron chi connectivity index (χ4n) is 3.80. The molecule has 3 unspecified atom stereocenters. The maximum absolute atomic E-state index is 3.72. The molecular weight excluding hydrogens is 232 g/mol. The van der Waals surface area contributed by atoms with Gasteiger partial charge in [-0.1, -0.05) is 30.7 Å². The standard InChI is InChI=1S/C17H26N2/c1-13-6-5-7-14(2)19(13)12-17-16-9-4-3-8-15(16)10-11-18-17/h3-4,8-9,13-14,17-18H,5-7,10-12H2,1-2H3. The van der Waals surface area contributed by atoms with Gasteiger partial charge in [0.1, 0.15) is 0 Å². The molecule has 2 nitrogen and oxygen atoms in total. The summed E-state index contributed by atoms with van der Waals surface area (Å²) in [5.74, 6) is 0. The van der Waals surface area contributed by atoms with Crippen molar-refractivity contribution in [3.63, 3.8) is 0 Å². The molecule has 3 rings (SSSR count). The first-order valence-electron chi connectivity index (χ1n) is 7.82. The Morgan fingerprint density at radius 1 is 1.16 bits per heavy atom. The van der Waals surface area contributed by atoms with E-state index in [-0.39, 0.29) is 0 Å². The summed E-state index contributed by atoms with van der Waals surface area (Å²) in [6.45, 7) is 7.08. The highest BCUT2D eigenvalue weighted by Gasteiger charge is 2.29. The monoisotopic (exact) mass is 258 g/mol. The first-order chi connectivity index (χ1) is 9.25. The first kappa shape index (κ1) is 13.1. The van der Waals surface area contributed by atoms with Gasteiger partial charge in [0.05, 0.1) is 0 Å². The summed E-state index contributed by atoms with van der Waals surface area (Å²) in [7, 11) is 0. The van der Waals surface area contributed by atoms with Crippen molar-refractivity contribution in [3.05, 3.63) is 35.4 Å². The fourth-order valence-corrected chi connectivity index (χ4v) is 3.80. The number of hydrogen-bond donors (Lipinski definition) is 1. The molecule has 1 aromatic carbocycles. The summed E-state index contributed by atoms with van der Waals surface area (Å²) in [6, 6.07) is 11.0. The van der Waals surface area contributed by atoms with E-state index in [0.29, 0.717) is 6.04 Å². The maximum atomic E-state index is 3.72. The van der Waals surface area contributed by atoms with Gasteiger partial charge in [-0.2, -0.15) is 0 Å². The van der Waals surface area contributed by atoms with Gasteiger partial charge in [-0.3, -0.25) is 4.90 Å². The summed E-state index contributed by atoms with van der Waals surface area (Å²) in [5, 5.41) is 3.72. The predicted octanol–water partition coefficient (Wildman–Crippen LogP) is 3.14. The molecule has 3 atom stereocenters. The van der Waals surface area contributed by atoms with Crippen LogP contribution >= 0.6 is 0 Å². The van der Waals surface area contributed by atoms with Crippen molar-refractivity contribution < 1.29 is 0 Å². The molecule has 2 heterocycles. The van der Waals surface area contributed by atoms with E-state index in [1.165, 1.54) is 37.8 Å². The molecule has 0 bridgehead atoms. The molecule has 0 saturated carbocycles. The number of hydrogen-bond acceptors (Lipinski definition) is 2. The third-order valence-electron chi connectivity index (χ3n) is 4.99. The molecule has 2 aliphatic heterocycles. The van der Waals surface area contributed by atoms with Crippen molar-refractivity contribution in [3.8, 4) is 0 Å². The summed E-state index contributed by atoms with van der Waals surface area (Å²) in [6.07, 6.45) is 5.29. The first-order valence-corrected chi connectivity index (χ1v) is 7.82. The van der Waals surface area contributed by atoms with E-state index in [4.69, 9.17) is 0 Å².